The molecule has 20 heavy (non-hydrogen) atoms. The zero-order chi connectivity index (χ0) is 15.3. The maximum Gasteiger partial charge on any atom is 0.416 e. The minimum absolute atomic E-state index is 0.178. The molecule has 2 nitrogen and oxygen atoms in total. The number of halogens is 3. The Morgan fingerprint density at radius 1 is 1.45 bits per heavy atom. The fraction of sp³-hybridized carbons (Fsp3) is 0.400. The van der Waals surface area contributed by atoms with Crippen molar-refractivity contribution in [3.8, 4) is 0 Å². The number of nitrogens with zero attached hydrogens (tertiary/aromatic N) is 1. The van der Waals surface area contributed by atoms with Crippen molar-refractivity contribution in [2.75, 3.05) is 13.1 Å². The zero-order valence-corrected chi connectivity index (χ0v) is 11.7. The molecule has 5 heteroatoms. The number of hydrogen-bond acceptors (Lipinski definition) is 1. The normalized spacial score (nSPS) is 17.9. The average molecular weight is 284 g/mol. The standard InChI is InChI=1S/C15H19F3N2/c1-4-6-13(14(5-2)15(16,17)18)12-7-9-20(10-8-12)11(3)19/h4-7,19H,2,8-10H2,1,3H3/b6-4-,14-13-,19-11?. The minimum atomic E-state index is -4.41. The SMILES string of the molecule is C=C/C(=C(\C=C/C)C1=CCN(C(C)=N)CC1)C(F)(F)F. The Kier molecular flexibility index (Phi) is 5.36. The lowest BCUT2D eigenvalue weighted by atomic mass is 9.94. The third kappa shape index (κ3) is 3.85. The van der Waals surface area contributed by atoms with Gasteiger partial charge in [0.25, 0.3) is 0 Å². The van der Waals surface area contributed by atoms with Crippen molar-refractivity contribution in [2.45, 2.75) is 26.4 Å². The topological polar surface area (TPSA) is 27.1 Å². The number of amidine groups is 1. The Morgan fingerprint density at radius 3 is 2.45 bits per heavy atom. The number of hydrogen-bond donors (Lipinski definition) is 1. The van der Waals surface area contributed by atoms with Crippen molar-refractivity contribution >= 4 is 5.84 Å². The molecule has 1 rings (SSSR count). The summed E-state index contributed by atoms with van der Waals surface area (Å²) in [6.07, 6.45) is 1.77. The molecule has 0 aromatic rings. The van der Waals surface area contributed by atoms with E-state index in [4.69, 9.17) is 5.41 Å². The lowest BCUT2D eigenvalue weighted by molar-refractivity contribution is -0.0886. The minimum Gasteiger partial charge on any atom is -0.357 e. The third-order valence-electron chi connectivity index (χ3n) is 3.16. The summed E-state index contributed by atoms with van der Waals surface area (Å²) in [7, 11) is 0. The van der Waals surface area contributed by atoms with E-state index in [0.717, 1.165) is 6.08 Å². The van der Waals surface area contributed by atoms with Crippen molar-refractivity contribution < 1.29 is 13.2 Å². The van der Waals surface area contributed by atoms with Gasteiger partial charge in [-0.3, -0.25) is 5.41 Å². The van der Waals surface area contributed by atoms with Gasteiger partial charge in [0, 0.05) is 13.1 Å². The summed E-state index contributed by atoms with van der Waals surface area (Å²) in [5, 5.41) is 7.54. The van der Waals surface area contributed by atoms with E-state index in [1.54, 1.807) is 26.0 Å². The van der Waals surface area contributed by atoms with E-state index in [2.05, 4.69) is 6.58 Å². The number of nitrogens with one attached hydrogen (secondary N) is 1. The maximum atomic E-state index is 13.0. The first-order valence-corrected chi connectivity index (χ1v) is 6.37. The van der Waals surface area contributed by atoms with Gasteiger partial charge >= 0.3 is 6.18 Å². The molecule has 0 fully saturated rings. The highest BCUT2D eigenvalue weighted by Gasteiger charge is 2.34. The number of alkyl halides is 3. The highest BCUT2D eigenvalue weighted by atomic mass is 19.4. The molecule has 0 aliphatic carbocycles. The Morgan fingerprint density at radius 2 is 2.10 bits per heavy atom. The van der Waals surface area contributed by atoms with Gasteiger partial charge in [0.2, 0.25) is 0 Å². The van der Waals surface area contributed by atoms with Crippen LogP contribution in [0.25, 0.3) is 0 Å². The van der Waals surface area contributed by atoms with Gasteiger partial charge in [0.15, 0.2) is 0 Å². The molecule has 1 aliphatic heterocycles. The molecule has 0 aromatic carbocycles. The molecule has 0 atom stereocenters. The lowest BCUT2D eigenvalue weighted by Crippen LogP contribution is -2.32. The Labute approximate surface area is 117 Å². The highest BCUT2D eigenvalue weighted by molar-refractivity contribution is 5.76. The molecule has 0 spiro atoms. The summed E-state index contributed by atoms with van der Waals surface area (Å²) in [5.74, 6) is 0.427. The van der Waals surface area contributed by atoms with Crippen LogP contribution in [-0.2, 0) is 0 Å². The summed E-state index contributed by atoms with van der Waals surface area (Å²) in [6, 6.07) is 0. The monoisotopic (exact) mass is 284 g/mol. The molecule has 0 amide bonds. The van der Waals surface area contributed by atoms with E-state index < -0.39 is 11.7 Å². The number of allylic oxidation sites excluding steroid dienone is 5. The summed E-state index contributed by atoms with van der Waals surface area (Å²) in [5.41, 5.74) is 0.131. The van der Waals surface area contributed by atoms with Crippen LogP contribution in [0.1, 0.15) is 20.3 Å². The predicted molar refractivity (Wildman–Crippen MR) is 75.8 cm³/mol. The van der Waals surface area contributed by atoms with Crippen LogP contribution >= 0.6 is 0 Å². The first-order chi connectivity index (χ1) is 9.31. The molecule has 0 saturated carbocycles. The van der Waals surface area contributed by atoms with E-state index >= 15 is 0 Å². The Bertz CT molecular complexity index is 482. The van der Waals surface area contributed by atoms with Gasteiger partial charge in [-0.05, 0) is 31.4 Å². The molecule has 0 aromatic heterocycles. The molecule has 0 saturated heterocycles. The largest absolute Gasteiger partial charge is 0.416 e. The molecule has 1 N–H and O–H groups in total. The van der Waals surface area contributed by atoms with Gasteiger partial charge in [0.1, 0.15) is 0 Å². The Balaban J connectivity index is 3.20. The molecular formula is C15H19F3N2. The zero-order valence-electron chi connectivity index (χ0n) is 11.7. The van der Waals surface area contributed by atoms with Gasteiger partial charge in [-0.15, -0.1) is 0 Å². The smallest absolute Gasteiger partial charge is 0.357 e. The van der Waals surface area contributed by atoms with Gasteiger partial charge in [-0.1, -0.05) is 30.9 Å². The Hall–Kier alpha value is -1.78. The van der Waals surface area contributed by atoms with Crippen LogP contribution in [0, 0.1) is 5.41 Å². The molecule has 1 heterocycles. The molecular weight excluding hydrogens is 265 g/mol. The van der Waals surface area contributed by atoms with Gasteiger partial charge < -0.3 is 4.90 Å². The molecule has 1 aliphatic rings. The lowest BCUT2D eigenvalue weighted by Gasteiger charge is -2.28. The fourth-order valence-electron chi connectivity index (χ4n) is 2.13. The first-order valence-electron chi connectivity index (χ1n) is 6.37. The summed E-state index contributed by atoms with van der Waals surface area (Å²) in [6.45, 7) is 7.67. The first kappa shape index (κ1) is 16.3. The van der Waals surface area contributed by atoms with Crippen LogP contribution in [0.3, 0.4) is 0 Å². The third-order valence-corrected chi connectivity index (χ3v) is 3.16. The number of rotatable bonds is 3. The van der Waals surface area contributed by atoms with Crippen LogP contribution in [0.2, 0.25) is 0 Å². The second kappa shape index (κ2) is 6.59. The van der Waals surface area contributed by atoms with Crippen molar-refractivity contribution in [1.29, 1.82) is 5.41 Å². The van der Waals surface area contributed by atoms with Crippen molar-refractivity contribution in [2.24, 2.45) is 0 Å². The molecule has 0 unspecified atom stereocenters. The van der Waals surface area contributed by atoms with E-state index in [1.807, 2.05) is 4.90 Å². The van der Waals surface area contributed by atoms with Gasteiger partial charge in [-0.25, -0.2) is 0 Å². The fourth-order valence-corrected chi connectivity index (χ4v) is 2.13. The summed E-state index contributed by atoms with van der Waals surface area (Å²) < 4.78 is 39.1. The van der Waals surface area contributed by atoms with E-state index in [-0.39, 0.29) is 5.57 Å². The molecule has 0 radical (unpaired) electrons. The summed E-state index contributed by atoms with van der Waals surface area (Å²) >= 11 is 0. The van der Waals surface area contributed by atoms with E-state index in [0.29, 0.717) is 30.9 Å². The van der Waals surface area contributed by atoms with Gasteiger partial charge in [-0.2, -0.15) is 13.2 Å². The average Bonchev–Trinajstić information content (AvgIpc) is 2.37. The molecule has 0 bridgehead atoms. The predicted octanol–water partition coefficient (Wildman–Crippen LogP) is 4.24. The van der Waals surface area contributed by atoms with Crippen LogP contribution < -0.4 is 0 Å². The van der Waals surface area contributed by atoms with Crippen molar-refractivity contribution in [3.05, 3.63) is 47.6 Å². The van der Waals surface area contributed by atoms with Crippen molar-refractivity contribution in [3.63, 3.8) is 0 Å². The maximum absolute atomic E-state index is 13.0. The van der Waals surface area contributed by atoms with Crippen LogP contribution in [-0.4, -0.2) is 30.0 Å². The quantitative estimate of drug-likeness (QED) is 0.468. The van der Waals surface area contributed by atoms with E-state index in [9.17, 15) is 13.2 Å². The van der Waals surface area contributed by atoms with Crippen LogP contribution in [0.4, 0.5) is 13.2 Å². The highest BCUT2D eigenvalue weighted by Crippen LogP contribution is 2.34. The van der Waals surface area contributed by atoms with E-state index in [1.165, 1.54) is 6.08 Å². The second-order valence-electron chi connectivity index (χ2n) is 4.54. The van der Waals surface area contributed by atoms with Crippen LogP contribution in [0.5, 0.6) is 0 Å². The second-order valence-corrected chi connectivity index (χ2v) is 4.54. The summed E-state index contributed by atoms with van der Waals surface area (Å²) in [4.78, 5) is 1.82. The van der Waals surface area contributed by atoms with Crippen molar-refractivity contribution in [1.82, 2.24) is 4.90 Å². The molecule has 110 valence electrons. The van der Waals surface area contributed by atoms with Crippen LogP contribution in [0.15, 0.2) is 47.6 Å². The van der Waals surface area contributed by atoms with Gasteiger partial charge in [0.05, 0.1) is 11.4 Å².